The van der Waals surface area contributed by atoms with Gasteiger partial charge in [0, 0.05) is 6.54 Å². The molecule has 0 saturated carbocycles. The van der Waals surface area contributed by atoms with Gasteiger partial charge in [-0.25, -0.2) is 4.79 Å². The van der Waals surface area contributed by atoms with E-state index in [2.05, 4.69) is 10.6 Å². The summed E-state index contributed by atoms with van der Waals surface area (Å²) in [7, 11) is 0. The van der Waals surface area contributed by atoms with Gasteiger partial charge in [-0.3, -0.25) is 0 Å². The van der Waals surface area contributed by atoms with Crippen molar-refractivity contribution in [2.75, 3.05) is 13.2 Å². The van der Waals surface area contributed by atoms with Gasteiger partial charge in [0.05, 0.1) is 12.6 Å². The van der Waals surface area contributed by atoms with Crippen molar-refractivity contribution in [3.05, 3.63) is 0 Å². The molecular formula is C7H16N2O2. The van der Waals surface area contributed by atoms with E-state index in [1.165, 1.54) is 0 Å². The van der Waals surface area contributed by atoms with Gasteiger partial charge in [-0.15, -0.1) is 0 Å². The third-order valence-corrected chi connectivity index (χ3v) is 1.19. The number of carbonyl (C=O) groups excluding carboxylic acids is 1. The number of hydrogen-bond acceptors (Lipinski definition) is 2. The summed E-state index contributed by atoms with van der Waals surface area (Å²) in [4.78, 5) is 10.8. The second kappa shape index (κ2) is 5.97. The number of rotatable bonds is 4. The quantitative estimate of drug-likeness (QED) is 0.545. The van der Waals surface area contributed by atoms with Gasteiger partial charge in [-0.05, 0) is 13.3 Å². The van der Waals surface area contributed by atoms with Crippen LogP contribution in [-0.2, 0) is 0 Å². The number of urea groups is 1. The Morgan fingerprint density at radius 3 is 2.73 bits per heavy atom. The number of aliphatic hydroxyl groups is 1. The molecule has 0 saturated heterocycles. The van der Waals surface area contributed by atoms with Gasteiger partial charge in [0.25, 0.3) is 0 Å². The molecule has 0 spiro atoms. The lowest BCUT2D eigenvalue weighted by Gasteiger charge is -2.10. The minimum absolute atomic E-state index is 0.0282. The molecule has 0 rings (SSSR count). The Hall–Kier alpha value is -0.770. The van der Waals surface area contributed by atoms with Crippen LogP contribution in [0.2, 0.25) is 0 Å². The van der Waals surface area contributed by atoms with E-state index >= 15 is 0 Å². The SMILES string of the molecule is CCCNC(=O)N[C@H](C)CO. The first kappa shape index (κ1) is 10.2. The van der Waals surface area contributed by atoms with Gasteiger partial charge in [0.1, 0.15) is 0 Å². The van der Waals surface area contributed by atoms with Crippen LogP contribution in [0.3, 0.4) is 0 Å². The fourth-order valence-electron chi connectivity index (χ4n) is 0.559. The highest BCUT2D eigenvalue weighted by molar-refractivity contribution is 5.74. The number of aliphatic hydroxyl groups excluding tert-OH is 1. The van der Waals surface area contributed by atoms with Crippen LogP contribution in [0.15, 0.2) is 0 Å². The summed E-state index contributed by atoms with van der Waals surface area (Å²) in [5, 5.41) is 13.8. The molecule has 0 aliphatic carbocycles. The lowest BCUT2D eigenvalue weighted by Crippen LogP contribution is -2.42. The molecule has 0 aliphatic rings. The lowest BCUT2D eigenvalue weighted by atomic mass is 10.4. The number of hydrogen-bond donors (Lipinski definition) is 3. The van der Waals surface area contributed by atoms with Crippen LogP contribution < -0.4 is 10.6 Å². The lowest BCUT2D eigenvalue weighted by molar-refractivity contribution is 0.220. The van der Waals surface area contributed by atoms with E-state index in [9.17, 15) is 4.79 Å². The average Bonchev–Trinajstić information content (AvgIpc) is 2.00. The second-order valence-corrected chi connectivity index (χ2v) is 2.48. The maximum Gasteiger partial charge on any atom is 0.315 e. The van der Waals surface area contributed by atoms with Crippen molar-refractivity contribution in [1.82, 2.24) is 10.6 Å². The van der Waals surface area contributed by atoms with Crippen LogP contribution >= 0.6 is 0 Å². The van der Waals surface area contributed by atoms with Crippen molar-refractivity contribution in [1.29, 1.82) is 0 Å². The average molecular weight is 160 g/mol. The second-order valence-electron chi connectivity index (χ2n) is 2.48. The van der Waals surface area contributed by atoms with Gasteiger partial charge in [-0.2, -0.15) is 0 Å². The van der Waals surface area contributed by atoms with Crippen molar-refractivity contribution in [3.8, 4) is 0 Å². The highest BCUT2D eigenvalue weighted by atomic mass is 16.3. The number of amides is 2. The van der Waals surface area contributed by atoms with E-state index in [1.807, 2.05) is 6.92 Å². The first-order chi connectivity index (χ1) is 5.20. The van der Waals surface area contributed by atoms with Gasteiger partial charge in [0.2, 0.25) is 0 Å². The van der Waals surface area contributed by atoms with Crippen molar-refractivity contribution < 1.29 is 9.90 Å². The highest BCUT2D eigenvalue weighted by Gasteiger charge is 2.02. The number of carbonyl (C=O) groups is 1. The van der Waals surface area contributed by atoms with Crippen molar-refractivity contribution in [3.63, 3.8) is 0 Å². The molecule has 0 unspecified atom stereocenters. The molecule has 0 aromatic rings. The van der Waals surface area contributed by atoms with Crippen LogP contribution in [-0.4, -0.2) is 30.3 Å². The zero-order valence-corrected chi connectivity index (χ0v) is 7.05. The Bertz CT molecular complexity index is 117. The topological polar surface area (TPSA) is 61.4 Å². The standard InChI is InChI=1S/C7H16N2O2/c1-3-4-8-7(11)9-6(2)5-10/h6,10H,3-5H2,1-2H3,(H2,8,9,11)/t6-/m1/s1. The summed E-state index contributed by atoms with van der Waals surface area (Å²) < 4.78 is 0. The summed E-state index contributed by atoms with van der Waals surface area (Å²) in [5.41, 5.74) is 0. The molecule has 4 heteroatoms. The van der Waals surface area contributed by atoms with Crippen molar-refractivity contribution >= 4 is 6.03 Å². The molecule has 66 valence electrons. The minimum atomic E-state index is -0.214. The molecule has 4 nitrogen and oxygen atoms in total. The summed E-state index contributed by atoms with van der Waals surface area (Å²) in [6.45, 7) is 4.37. The van der Waals surface area contributed by atoms with Crippen LogP contribution in [0.4, 0.5) is 4.79 Å². The molecule has 0 heterocycles. The Balaban J connectivity index is 3.36. The Morgan fingerprint density at radius 1 is 1.64 bits per heavy atom. The first-order valence-electron chi connectivity index (χ1n) is 3.86. The minimum Gasteiger partial charge on any atom is -0.394 e. The van der Waals surface area contributed by atoms with Crippen molar-refractivity contribution in [2.24, 2.45) is 0 Å². The summed E-state index contributed by atoms with van der Waals surface area (Å²) in [5.74, 6) is 0. The normalized spacial score (nSPS) is 12.3. The first-order valence-corrected chi connectivity index (χ1v) is 3.86. The van der Waals surface area contributed by atoms with Gasteiger partial charge >= 0.3 is 6.03 Å². The third kappa shape index (κ3) is 5.66. The van der Waals surface area contributed by atoms with Gasteiger partial charge < -0.3 is 15.7 Å². The Labute approximate surface area is 67.0 Å². The van der Waals surface area contributed by atoms with E-state index in [4.69, 9.17) is 5.11 Å². The fraction of sp³-hybridized carbons (Fsp3) is 0.857. The molecule has 0 bridgehead atoms. The Kier molecular flexibility index (Phi) is 5.56. The van der Waals surface area contributed by atoms with Crippen LogP contribution in [0.25, 0.3) is 0 Å². The number of nitrogens with one attached hydrogen (secondary N) is 2. The van der Waals surface area contributed by atoms with E-state index in [-0.39, 0.29) is 18.7 Å². The van der Waals surface area contributed by atoms with Crippen LogP contribution in [0.1, 0.15) is 20.3 Å². The molecular weight excluding hydrogens is 144 g/mol. The molecule has 0 aromatic carbocycles. The van der Waals surface area contributed by atoms with E-state index in [0.29, 0.717) is 6.54 Å². The summed E-state index contributed by atoms with van der Waals surface area (Å²) in [6, 6.07) is -0.389. The van der Waals surface area contributed by atoms with E-state index in [0.717, 1.165) is 6.42 Å². The molecule has 3 N–H and O–H groups in total. The van der Waals surface area contributed by atoms with E-state index < -0.39 is 0 Å². The molecule has 0 aliphatic heterocycles. The summed E-state index contributed by atoms with van der Waals surface area (Å²) in [6.07, 6.45) is 0.918. The monoisotopic (exact) mass is 160 g/mol. The van der Waals surface area contributed by atoms with Crippen molar-refractivity contribution in [2.45, 2.75) is 26.3 Å². The van der Waals surface area contributed by atoms with Crippen LogP contribution in [0, 0.1) is 0 Å². The largest absolute Gasteiger partial charge is 0.394 e. The highest BCUT2D eigenvalue weighted by Crippen LogP contribution is 1.78. The molecule has 1 atom stereocenters. The molecule has 11 heavy (non-hydrogen) atoms. The maximum absolute atomic E-state index is 10.8. The molecule has 0 aromatic heterocycles. The third-order valence-electron chi connectivity index (χ3n) is 1.19. The fourth-order valence-corrected chi connectivity index (χ4v) is 0.559. The molecule has 2 amide bonds. The zero-order chi connectivity index (χ0) is 8.69. The van der Waals surface area contributed by atoms with Crippen LogP contribution in [0.5, 0.6) is 0 Å². The predicted molar refractivity (Wildman–Crippen MR) is 43.4 cm³/mol. The maximum atomic E-state index is 10.8. The van der Waals surface area contributed by atoms with Gasteiger partial charge in [-0.1, -0.05) is 6.92 Å². The smallest absolute Gasteiger partial charge is 0.315 e. The van der Waals surface area contributed by atoms with E-state index in [1.54, 1.807) is 6.92 Å². The van der Waals surface area contributed by atoms with Gasteiger partial charge in [0.15, 0.2) is 0 Å². The summed E-state index contributed by atoms with van der Waals surface area (Å²) >= 11 is 0. The molecule has 0 radical (unpaired) electrons. The zero-order valence-electron chi connectivity index (χ0n) is 7.05. The Morgan fingerprint density at radius 2 is 2.27 bits per heavy atom. The molecule has 0 fully saturated rings. The predicted octanol–water partition coefficient (Wildman–Crippen LogP) is 0.0764.